The first-order valence-corrected chi connectivity index (χ1v) is 6.60. The topological polar surface area (TPSA) is 63.8 Å². The molecule has 0 aliphatic rings. The van der Waals surface area contributed by atoms with E-state index in [-0.39, 0.29) is 11.9 Å². The quantitative estimate of drug-likeness (QED) is 0.891. The zero-order valence-corrected chi connectivity index (χ0v) is 12.3. The Hall–Kier alpha value is -1.23. The first-order chi connectivity index (χ1) is 8.99. The van der Waals surface area contributed by atoms with Crippen molar-refractivity contribution in [2.45, 2.75) is 13.0 Å². The summed E-state index contributed by atoms with van der Waals surface area (Å²) in [7, 11) is 0. The molecule has 1 aromatic carbocycles. The van der Waals surface area contributed by atoms with Crippen molar-refractivity contribution in [3.05, 3.63) is 45.2 Å². The summed E-state index contributed by atoms with van der Waals surface area (Å²) in [5.74, 6) is 0.716. The number of halogens is 3. The van der Waals surface area contributed by atoms with Crippen molar-refractivity contribution >= 4 is 46.4 Å². The molecule has 0 aliphatic carbocycles. The predicted molar refractivity (Wildman–Crippen MR) is 80.0 cm³/mol. The van der Waals surface area contributed by atoms with Gasteiger partial charge in [-0.3, -0.25) is 0 Å². The summed E-state index contributed by atoms with van der Waals surface area (Å²) in [6, 6.07) is 5.36. The molecule has 100 valence electrons. The minimum absolute atomic E-state index is 0.0541. The van der Waals surface area contributed by atoms with Crippen molar-refractivity contribution in [1.82, 2.24) is 9.97 Å². The highest BCUT2D eigenvalue weighted by Gasteiger charge is 2.12. The highest BCUT2D eigenvalue weighted by Crippen LogP contribution is 2.29. The molecule has 1 heterocycles. The minimum atomic E-state index is -0.0541. The summed E-state index contributed by atoms with van der Waals surface area (Å²) in [6.07, 6.45) is 1.35. The van der Waals surface area contributed by atoms with Crippen molar-refractivity contribution in [1.29, 1.82) is 0 Å². The molecule has 0 aliphatic heterocycles. The van der Waals surface area contributed by atoms with Crippen LogP contribution in [-0.4, -0.2) is 9.97 Å². The molecular formula is C12H11Cl3N4. The fraction of sp³-hybridized carbons (Fsp3) is 0.167. The number of anilines is 2. The number of nitrogen functional groups attached to an aromatic ring is 1. The van der Waals surface area contributed by atoms with Gasteiger partial charge >= 0.3 is 0 Å². The van der Waals surface area contributed by atoms with Crippen LogP contribution < -0.4 is 11.1 Å². The van der Waals surface area contributed by atoms with E-state index in [9.17, 15) is 0 Å². The maximum atomic E-state index is 6.02. The van der Waals surface area contributed by atoms with Crippen LogP contribution in [0.2, 0.25) is 15.1 Å². The van der Waals surface area contributed by atoms with Gasteiger partial charge in [0.1, 0.15) is 17.2 Å². The van der Waals surface area contributed by atoms with E-state index >= 15 is 0 Å². The summed E-state index contributed by atoms with van der Waals surface area (Å²) in [6.45, 7) is 1.95. The number of benzene rings is 1. The van der Waals surface area contributed by atoms with Crippen LogP contribution in [0.4, 0.5) is 11.6 Å². The Labute approximate surface area is 125 Å². The summed E-state index contributed by atoms with van der Waals surface area (Å²) >= 11 is 17.9. The third-order valence-corrected chi connectivity index (χ3v) is 3.72. The molecule has 0 fully saturated rings. The molecule has 0 saturated heterocycles. The third-order valence-electron chi connectivity index (χ3n) is 2.61. The van der Waals surface area contributed by atoms with Gasteiger partial charge in [0, 0.05) is 0 Å². The number of hydrogen-bond acceptors (Lipinski definition) is 4. The van der Waals surface area contributed by atoms with Crippen molar-refractivity contribution in [2.75, 3.05) is 11.1 Å². The van der Waals surface area contributed by atoms with E-state index in [0.717, 1.165) is 5.56 Å². The van der Waals surface area contributed by atoms with Crippen LogP contribution in [0.15, 0.2) is 24.5 Å². The fourth-order valence-electron chi connectivity index (χ4n) is 1.55. The summed E-state index contributed by atoms with van der Waals surface area (Å²) in [5.41, 5.74) is 6.58. The molecular weight excluding hydrogens is 307 g/mol. The summed E-state index contributed by atoms with van der Waals surface area (Å²) in [5, 5.41) is 4.47. The summed E-state index contributed by atoms with van der Waals surface area (Å²) in [4.78, 5) is 7.85. The molecule has 1 aromatic heterocycles. The second-order valence-corrected chi connectivity index (χ2v) is 5.15. The Balaban J connectivity index is 2.23. The molecule has 3 N–H and O–H groups in total. The molecule has 0 unspecified atom stereocenters. The molecule has 4 nitrogen and oxygen atoms in total. The highest BCUT2D eigenvalue weighted by molar-refractivity contribution is 6.42. The van der Waals surface area contributed by atoms with E-state index in [1.165, 1.54) is 6.33 Å². The number of nitrogens with zero attached hydrogens (tertiary/aromatic N) is 2. The molecule has 2 aromatic rings. The summed E-state index contributed by atoms with van der Waals surface area (Å²) < 4.78 is 0. The van der Waals surface area contributed by atoms with Gasteiger partial charge in [-0.1, -0.05) is 40.9 Å². The Morgan fingerprint density at radius 3 is 2.58 bits per heavy atom. The standard InChI is InChI=1S/C12H11Cl3N4/c1-6(7-2-3-8(13)9(14)4-7)19-12-10(15)11(16)17-5-18-12/h2-6H,1H3,(H3,16,17,18,19)/t6-/m1/s1. The second-order valence-electron chi connectivity index (χ2n) is 3.96. The van der Waals surface area contributed by atoms with E-state index in [4.69, 9.17) is 40.5 Å². The van der Waals surface area contributed by atoms with Gasteiger partial charge in [-0.05, 0) is 24.6 Å². The lowest BCUT2D eigenvalue weighted by Gasteiger charge is -2.16. The molecule has 0 radical (unpaired) electrons. The first-order valence-electron chi connectivity index (χ1n) is 5.46. The van der Waals surface area contributed by atoms with E-state index in [2.05, 4.69) is 15.3 Å². The van der Waals surface area contributed by atoms with Gasteiger partial charge in [0.25, 0.3) is 0 Å². The number of hydrogen-bond donors (Lipinski definition) is 2. The second kappa shape index (κ2) is 5.82. The maximum Gasteiger partial charge on any atom is 0.150 e. The number of nitrogens with two attached hydrogens (primary N) is 1. The predicted octanol–water partition coefficient (Wildman–Crippen LogP) is 4.19. The molecule has 0 bridgehead atoms. The molecule has 7 heteroatoms. The average Bonchev–Trinajstić information content (AvgIpc) is 2.38. The third kappa shape index (κ3) is 3.21. The Morgan fingerprint density at radius 2 is 1.89 bits per heavy atom. The number of aromatic nitrogens is 2. The zero-order chi connectivity index (χ0) is 14.0. The number of nitrogens with one attached hydrogen (secondary N) is 1. The van der Waals surface area contributed by atoms with Gasteiger partial charge in [0.15, 0.2) is 5.82 Å². The largest absolute Gasteiger partial charge is 0.382 e. The Morgan fingerprint density at radius 1 is 1.16 bits per heavy atom. The van der Waals surface area contributed by atoms with Crippen LogP contribution in [-0.2, 0) is 0 Å². The van der Waals surface area contributed by atoms with Gasteiger partial charge in [-0.2, -0.15) is 0 Å². The van der Waals surface area contributed by atoms with Crippen molar-refractivity contribution in [2.24, 2.45) is 0 Å². The van der Waals surface area contributed by atoms with E-state index < -0.39 is 0 Å². The van der Waals surface area contributed by atoms with Crippen LogP contribution in [0, 0.1) is 0 Å². The SMILES string of the molecule is C[C@@H](Nc1ncnc(N)c1Cl)c1ccc(Cl)c(Cl)c1. The monoisotopic (exact) mass is 316 g/mol. The van der Waals surface area contributed by atoms with Gasteiger partial charge in [-0.25, -0.2) is 9.97 Å². The van der Waals surface area contributed by atoms with Gasteiger partial charge in [-0.15, -0.1) is 0 Å². The Kier molecular flexibility index (Phi) is 4.34. The van der Waals surface area contributed by atoms with Gasteiger partial charge in [0.2, 0.25) is 0 Å². The highest BCUT2D eigenvalue weighted by atomic mass is 35.5. The smallest absolute Gasteiger partial charge is 0.150 e. The molecule has 19 heavy (non-hydrogen) atoms. The van der Waals surface area contributed by atoms with E-state index in [1.807, 2.05) is 13.0 Å². The van der Waals surface area contributed by atoms with Crippen molar-refractivity contribution in [3.63, 3.8) is 0 Å². The van der Waals surface area contributed by atoms with Crippen LogP contribution in [0.3, 0.4) is 0 Å². The lowest BCUT2D eigenvalue weighted by molar-refractivity contribution is 0.872. The van der Waals surface area contributed by atoms with Gasteiger partial charge < -0.3 is 11.1 Å². The number of rotatable bonds is 3. The first kappa shape index (κ1) is 14.2. The average molecular weight is 318 g/mol. The van der Waals surface area contributed by atoms with Crippen LogP contribution >= 0.6 is 34.8 Å². The van der Waals surface area contributed by atoms with Crippen LogP contribution in [0.25, 0.3) is 0 Å². The van der Waals surface area contributed by atoms with Gasteiger partial charge in [0.05, 0.1) is 16.1 Å². The molecule has 2 rings (SSSR count). The lowest BCUT2D eigenvalue weighted by Crippen LogP contribution is -2.09. The Bertz CT molecular complexity index is 604. The lowest BCUT2D eigenvalue weighted by atomic mass is 10.1. The van der Waals surface area contributed by atoms with Crippen LogP contribution in [0.1, 0.15) is 18.5 Å². The molecule has 0 spiro atoms. The van der Waals surface area contributed by atoms with E-state index in [0.29, 0.717) is 20.9 Å². The normalized spacial score (nSPS) is 12.2. The molecule has 0 amide bonds. The van der Waals surface area contributed by atoms with Crippen molar-refractivity contribution < 1.29 is 0 Å². The molecule has 1 atom stereocenters. The van der Waals surface area contributed by atoms with E-state index in [1.54, 1.807) is 12.1 Å². The molecule has 0 saturated carbocycles. The van der Waals surface area contributed by atoms with Crippen molar-refractivity contribution in [3.8, 4) is 0 Å². The minimum Gasteiger partial charge on any atom is -0.382 e. The van der Waals surface area contributed by atoms with Crippen LogP contribution in [0.5, 0.6) is 0 Å². The fourth-order valence-corrected chi connectivity index (χ4v) is 2.01. The zero-order valence-electron chi connectivity index (χ0n) is 9.99. The maximum absolute atomic E-state index is 6.02.